The smallest absolute Gasteiger partial charge is 0.268 e. The highest BCUT2D eigenvalue weighted by atomic mass is 32.2. The topological polar surface area (TPSA) is 67.3 Å². The predicted molar refractivity (Wildman–Crippen MR) is 79.3 cm³/mol. The molecular weight excluding hydrogens is 296 g/mol. The second-order valence-electron chi connectivity index (χ2n) is 5.94. The summed E-state index contributed by atoms with van der Waals surface area (Å²) in [7, 11) is -3.82. The lowest BCUT2D eigenvalue weighted by Crippen LogP contribution is -2.39. The highest BCUT2D eigenvalue weighted by molar-refractivity contribution is 7.90. The largest absolute Gasteiger partial charge is 0.285 e. The van der Waals surface area contributed by atoms with E-state index in [-0.39, 0.29) is 28.5 Å². The molecule has 0 aliphatic carbocycles. The fourth-order valence-corrected chi connectivity index (χ4v) is 4.29. The summed E-state index contributed by atoms with van der Waals surface area (Å²) in [5.41, 5.74) is 0.0130. The standard InChI is InChI=1S/C13H18N2O3S2/c1-13(2,3)9(8-19)7-15-12(16)10-5-4-6-14-11(10)20(15,17)18/h4-6,9,19H,7-8H2,1-3H3. The van der Waals surface area contributed by atoms with Crippen molar-refractivity contribution in [2.24, 2.45) is 11.3 Å². The molecule has 1 aromatic rings. The Morgan fingerprint density at radius 3 is 2.55 bits per heavy atom. The van der Waals surface area contributed by atoms with Crippen LogP contribution in [0.15, 0.2) is 23.4 Å². The molecule has 0 saturated heterocycles. The van der Waals surface area contributed by atoms with Gasteiger partial charge in [0.05, 0.1) is 5.56 Å². The van der Waals surface area contributed by atoms with Gasteiger partial charge in [0, 0.05) is 12.7 Å². The van der Waals surface area contributed by atoms with Crippen molar-refractivity contribution in [3.05, 3.63) is 23.9 Å². The Balaban J connectivity index is 2.39. The minimum absolute atomic E-state index is 0.0288. The monoisotopic (exact) mass is 314 g/mol. The van der Waals surface area contributed by atoms with E-state index < -0.39 is 15.9 Å². The van der Waals surface area contributed by atoms with E-state index in [0.29, 0.717) is 5.75 Å². The number of carbonyl (C=O) groups is 1. The van der Waals surface area contributed by atoms with Crippen LogP contribution in [0.1, 0.15) is 31.1 Å². The molecule has 1 aromatic heterocycles. The third-order valence-electron chi connectivity index (χ3n) is 3.59. The Morgan fingerprint density at radius 1 is 1.40 bits per heavy atom. The molecular formula is C13H18N2O3S2. The molecule has 0 saturated carbocycles. The maximum atomic E-state index is 12.4. The first-order chi connectivity index (χ1) is 9.19. The summed E-state index contributed by atoms with van der Waals surface area (Å²) < 4.78 is 25.7. The van der Waals surface area contributed by atoms with E-state index in [1.54, 1.807) is 6.07 Å². The number of pyridine rings is 1. The molecule has 7 heteroatoms. The van der Waals surface area contributed by atoms with Gasteiger partial charge in [-0.25, -0.2) is 9.29 Å². The summed E-state index contributed by atoms with van der Waals surface area (Å²) in [6, 6.07) is 3.06. The van der Waals surface area contributed by atoms with Gasteiger partial charge in [0.25, 0.3) is 15.9 Å². The van der Waals surface area contributed by atoms with Crippen LogP contribution in [0.4, 0.5) is 0 Å². The molecule has 1 aliphatic rings. The molecule has 110 valence electrons. The zero-order valence-corrected chi connectivity index (χ0v) is 13.4. The van der Waals surface area contributed by atoms with E-state index in [1.807, 2.05) is 20.8 Å². The van der Waals surface area contributed by atoms with Crippen molar-refractivity contribution in [1.29, 1.82) is 0 Å². The third-order valence-corrected chi connectivity index (χ3v) is 5.74. The first-order valence-corrected chi connectivity index (χ1v) is 8.40. The summed E-state index contributed by atoms with van der Waals surface area (Å²) in [6.45, 7) is 6.15. The van der Waals surface area contributed by atoms with Crippen molar-refractivity contribution in [2.45, 2.75) is 25.8 Å². The molecule has 0 radical (unpaired) electrons. The lowest BCUT2D eigenvalue weighted by atomic mass is 9.82. The number of amides is 1. The second-order valence-corrected chi connectivity index (χ2v) is 8.09. The van der Waals surface area contributed by atoms with Crippen LogP contribution < -0.4 is 0 Å². The van der Waals surface area contributed by atoms with Crippen LogP contribution in [0.25, 0.3) is 0 Å². The molecule has 1 atom stereocenters. The summed E-state index contributed by atoms with van der Waals surface area (Å²) in [5, 5.41) is -0.142. The van der Waals surface area contributed by atoms with Gasteiger partial charge in [-0.05, 0) is 29.2 Å². The van der Waals surface area contributed by atoms with E-state index in [4.69, 9.17) is 0 Å². The van der Waals surface area contributed by atoms with Crippen molar-refractivity contribution < 1.29 is 13.2 Å². The summed E-state index contributed by atoms with van der Waals surface area (Å²) in [4.78, 5) is 16.1. The fourth-order valence-electron chi connectivity index (χ4n) is 2.09. The van der Waals surface area contributed by atoms with Crippen LogP contribution in [0, 0.1) is 11.3 Å². The molecule has 2 rings (SSSR count). The third kappa shape index (κ3) is 2.44. The maximum Gasteiger partial charge on any atom is 0.285 e. The van der Waals surface area contributed by atoms with Crippen LogP contribution in [0.2, 0.25) is 0 Å². The summed E-state index contributed by atoms with van der Waals surface area (Å²) in [6.07, 6.45) is 1.38. The van der Waals surface area contributed by atoms with E-state index in [0.717, 1.165) is 4.31 Å². The number of sulfonamides is 1. The number of nitrogens with zero attached hydrogens (tertiary/aromatic N) is 2. The molecule has 1 unspecified atom stereocenters. The molecule has 5 nitrogen and oxygen atoms in total. The van der Waals surface area contributed by atoms with Crippen LogP contribution >= 0.6 is 12.6 Å². The highest BCUT2D eigenvalue weighted by Gasteiger charge is 2.44. The van der Waals surface area contributed by atoms with E-state index in [2.05, 4.69) is 17.6 Å². The number of hydrogen-bond acceptors (Lipinski definition) is 5. The van der Waals surface area contributed by atoms with Gasteiger partial charge in [0.1, 0.15) is 0 Å². The Morgan fingerprint density at radius 2 is 2.05 bits per heavy atom. The Hall–Kier alpha value is -1.08. The van der Waals surface area contributed by atoms with Gasteiger partial charge in [-0.15, -0.1) is 0 Å². The van der Waals surface area contributed by atoms with Gasteiger partial charge in [-0.2, -0.15) is 21.0 Å². The average Bonchev–Trinajstić information content (AvgIpc) is 2.55. The second kappa shape index (κ2) is 5.04. The van der Waals surface area contributed by atoms with Gasteiger partial charge < -0.3 is 0 Å². The molecule has 1 aliphatic heterocycles. The van der Waals surface area contributed by atoms with E-state index in [1.165, 1.54) is 12.3 Å². The van der Waals surface area contributed by atoms with E-state index >= 15 is 0 Å². The molecule has 0 spiro atoms. The maximum absolute atomic E-state index is 12.4. The van der Waals surface area contributed by atoms with Crippen molar-refractivity contribution in [2.75, 3.05) is 12.3 Å². The number of fused-ring (bicyclic) bond motifs is 1. The normalized spacial score (nSPS) is 19.0. The SMILES string of the molecule is CC(C)(C)C(CS)CN1C(=O)c2cccnc2S1(=O)=O. The lowest BCUT2D eigenvalue weighted by Gasteiger charge is -2.32. The molecule has 0 bridgehead atoms. The quantitative estimate of drug-likeness (QED) is 0.864. The molecule has 2 heterocycles. The van der Waals surface area contributed by atoms with Crippen LogP contribution in [-0.2, 0) is 10.0 Å². The number of hydrogen-bond donors (Lipinski definition) is 1. The highest BCUT2D eigenvalue weighted by Crippen LogP contribution is 2.33. The minimum atomic E-state index is -3.82. The van der Waals surface area contributed by atoms with E-state index in [9.17, 15) is 13.2 Å². The first-order valence-electron chi connectivity index (χ1n) is 6.32. The minimum Gasteiger partial charge on any atom is -0.268 e. The zero-order chi connectivity index (χ0) is 15.1. The predicted octanol–water partition coefficient (Wildman–Crippen LogP) is 1.82. The van der Waals surface area contributed by atoms with Crippen molar-refractivity contribution in [3.63, 3.8) is 0 Å². The van der Waals surface area contributed by atoms with Crippen molar-refractivity contribution >= 4 is 28.6 Å². The van der Waals surface area contributed by atoms with Crippen LogP contribution in [0.3, 0.4) is 0 Å². The molecule has 0 fully saturated rings. The number of thiol groups is 1. The fraction of sp³-hybridized carbons (Fsp3) is 0.538. The zero-order valence-electron chi connectivity index (χ0n) is 11.7. The van der Waals surface area contributed by atoms with Gasteiger partial charge in [-0.1, -0.05) is 20.8 Å². The molecule has 0 aromatic carbocycles. The number of aromatic nitrogens is 1. The Kier molecular flexibility index (Phi) is 3.85. The number of carbonyl (C=O) groups excluding carboxylic acids is 1. The summed E-state index contributed by atoms with van der Waals surface area (Å²) >= 11 is 4.28. The Bertz CT molecular complexity index is 635. The number of rotatable bonds is 3. The van der Waals surface area contributed by atoms with Crippen molar-refractivity contribution in [3.8, 4) is 0 Å². The van der Waals surface area contributed by atoms with Crippen LogP contribution in [-0.4, -0.2) is 35.9 Å². The molecule has 1 amide bonds. The van der Waals surface area contributed by atoms with Gasteiger partial charge in [0.2, 0.25) is 0 Å². The lowest BCUT2D eigenvalue weighted by molar-refractivity contribution is 0.0836. The van der Waals surface area contributed by atoms with Gasteiger partial charge in [0.15, 0.2) is 5.03 Å². The molecule has 20 heavy (non-hydrogen) atoms. The first kappa shape index (κ1) is 15.3. The van der Waals surface area contributed by atoms with Gasteiger partial charge in [-0.3, -0.25) is 4.79 Å². The average molecular weight is 314 g/mol. The van der Waals surface area contributed by atoms with Crippen molar-refractivity contribution in [1.82, 2.24) is 9.29 Å². The van der Waals surface area contributed by atoms with Gasteiger partial charge >= 0.3 is 0 Å². The van der Waals surface area contributed by atoms with Crippen LogP contribution in [0.5, 0.6) is 0 Å². The Labute approximate surface area is 124 Å². The molecule has 0 N–H and O–H groups in total. The summed E-state index contributed by atoms with van der Waals surface area (Å²) in [5.74, 6) is -0.0185.